The summed E-state index contributed by atoms with van der Waals surface area (Å²) in [5, 5.41) is 3.62. The Morgan fingerprint density at radius 2 is 2.47 bits per heavy atom. The van der Waals surface area contributed by atoms with Crippen LogP contribution in [0.25, 0.3) is 0 Å². The number of aryl methyl sites for hydroxylation is 1. The number of nitrogens with one attached hydrogen (secondary N) is 1. The van der Waals surface area contributed by atoms with Crippen LogP contribution < -0.4 is 5.32 Å². The highest BCUT2D eigenvalue weighted by atomic mass is 16.5. The van der Waals surface area contributed by atoms with Gasteiger partial charge in [-0.25, -0.2) is 4.98 Å². The smallest absolute Gasteiger partial charge is 0.125 e. The van der Waals surface area contributed by atoms with E-state index in [-0.39, 0.29) is 0 Å². The lowest BCUT2D eigenvalue weighted by Crippen LogP contribution is -2.34. The molecule has 0 aliphatic carbocycles. The maximum atomic E-state index is 5.69. The van der Waals surface area contributed by atoms with Crippen molar-refractivity contribution in [3.8, 4) is 0 Å². The number of aromatic nitrogens is 2. The van der Waals surface area contributed by atoms with Gasteiger partial charge in [0.15, 0.2) is 0 Å². The highest BCUT2D eigenvalue weighted by molar-refractivity contribution is 5.03. The summed E-state index contributed by atoms with van der Waals surface area (Å²) in [4.78, 5) is 4.49. The first-order valence-corrected chi connectivity index (χ1v) is 6.56. The molecule has 0 amide bonds. The largest absolute Gasteiger partial charge is 0.378 e. The Bertz CT molecular complexity index is 350. The second-order valence-corrected chi connectivity index (χ2v) is 4.86. The third-order valence-corrected chi connectivity index (χ3v) is 3.61. The highest BCUT2D eigenvalue weighted by Gasteiger charge is 2.34. The lowest BCUT2D eigenvalue weighted by Gasteiger charge is -2.26. The van der Waals surface area contributed by atoms with E-state index in [2.05, 4.69) is 35.8 Å². The molecule has 4 nitrogen and oxygen atoms in total. The van der Waals surface area contributed by atoms with Crippen molar-refractivity contribution in [2.45, 2.75) is 38.8 Å². The van der Waals surface area contributed by atoms with E-state index in [0.29, 0.717) is 18.1 Å². The van der Waals surface area contributed by atoms with Crippen molar-refractivity contribution in [1.82, 2.24) is 14.9 Å². The van der Waals surface area contributed by atoms with Crippen molar-refractivity contribution in [3.05, 3.63) is 18.2 Å². The molecule has 1 N–H and O–H groups in total. The topological polar surface area (TPSA) is 39.1 Å². The Balaban J connectivity index is 2.15. The molecule has 2 heterocycles. The fourth-order valence-electron chi connectivity index (χ4n) is 2.60. The predicted molar refractivity (Wildman–Crippen MR) is 67.8 cm³/mol. The second kappa shape index (κ2) is 5.65. The van der Waals surface area contributed by atoms with Crippen LogP contribution in [-0.2, 0) is 11.8 Å². The summed E-state index contributed by atoms with van der Waals surface area (Å²) >= 11 is 0. The fraction of sp³-hybridized carbons (Fsp3) is 0.769. The first kappa shape index (κ1) is 12.6. The van der Waals surface area contributed by atoms with Gasteiger partial charge in [0, 0.05) is 32.0 Å². The molecule has 1 aliphatic rings. The molecule has 17 heavy (non-hydrogen) atoms. The lowest BCUT2D eigenvalue weighted by atomic mass is 9.92. The van der Waals surface area contributed by atoms with Crippen LogP contribution in [0.1, 0.15) is 38.6 Å². The van der Waals surface area contributed by atoms with Gasteiger partial charge in [0.05, 0.1) is 12.1 Å². The first-order chi connectivity index (χ1) is 8.24. The van der Waals surface area contributed by atoms with E-state index >= 15 is 0 Å². The van der Waals surface area contributed by atoms with Gasteiger partial charge in [-0.05, 0) is 26.3 Å². The van der Waals surface area contributed by atoms with Gasteiger partial charge in [-0.1, -0.05) is 6.92 Å². The van der Waals surface area contributed by atoms with Crippen molar-refractivity contribution in [3.63, 3.8) is 0 Å². The Kier molecular flexibility index (Phi) is 4.18. The van der Waals surface area contributed by atoms with Gasteiger partial charge in [-0.15, -0.1) is 0 Å². The number of hydrogen-bond acceptors (Lipinski definition) is 3. The normalized spacial score (nSPS) is 26.3. The Labute approximate surface area is 103 Å². The van der Waals surface area contributed by atoms with E-state index in [1.165, 1.54) is 0 Å². The number of nitrogens with zero attached hydrogens (tertiary/aromatic N) is 2. The van der Waals surface area contributed by atoms with Crippen molar-refractivity contribution in [2.75, 3.05) is 13.2 Å². The van der Waals surface area contributed by atoms with Crippen LogP contribution in [0.5, 0.6) is 0 Å². The van der Waals surface area contributed by atoms with Crippen LogP contribution >= 0.6 is 0 Å². The molecule has 1 aromatic rings. The van der Waals surface area contributed by atoms with Crippen LogP contribution in [0.15, 0.2) is 12.4 Å². The van der Waals surface area contributed by atoms with E-state index in [9.17, 15) is 0 Å². The minimum absolute atomic E-state index is 0.312. The number of hydrogen-bond donors (Lipinski definition) is 1. The van der Waals surface area contributed by atoms with Gasteiger partial charge in [0.25, 0.3) is 0 Å². The quantitative estimate of drug-likeness (QED) is 0.850. The van der Waals surface area contributed by atoms with Gasteiger partial charge >= 0.3 is 0 Å². The first-order valence-electron chi connectivity index (χ1n) is 6.56. The minimum Gasteiger partial charge on any atom is -0.378 e. The van der Waals surface area contributed by atoms with Gasteiger partial charge in [0.1, 0.15) is 5.82 Å². The van der Waals surface area contributed by atoms with Gasteiger partial charge in [-0.2, -0.15) is 0 Å². The monoisotopic (exact) mass is 237 g/mol. The van der Waals surface area contributed by atoms with Crippen molar-refractivity contribution < 1.29 is 4.74 Å². The molecule has 96 valence electrons. The maximum Gasteiger partial charge on any atom is 0.125 e. The lowest BCUT2D eigenvalue weighted by molar-refractivity contribution is 0.0940. The zero-order chi connectivity index (χ0) is 12.3. The molecule has 3 unspecified atom stereocenters. The van der Waals surface area contributed by atoms with E-state index in [1.807, 2.05) is 12.4 Å². The molecule has 1 aromatic heterocycles. The van der Waals surface area contributed by atoms with E-state index in [0.717, 1.165) is 31.8 Å². The summed E-state index contributed by atoms with van der Waals surface area (Å²) in [6.07, 6.45) is 6.46. The molecular formula is C13H23N3O. The maximum absolute atomic E-state index is 5.69. The van der Waals surface area contributed by atoms with Crippen molar-refractivity contribution >= 4 is 0 Å². The fourth-order valence-corrected chi connectivity index (χ4v) is 2.60. The number of imidazole rings is 1. The SMILES string of the molecule is CCCNC(c1nccn1C)C1CCOC1C. The number of ether oxygens (including phenoxy) is 1. The van der Waals surface area contributed by atoms with E-state index in [4.69, 9.17) is 4.74 Å². The van der Waals surface area contributed by atoms with E-state index < -0.39 is 0 Å². The zero-order valence-electron chi connectivity index (χ0n) is 11.0. The summed E-state index contributed by atoms with van der Waals surface area (Å²) in [6, 6.07) is 0.312. The number of rotatable bonds is 5. The summed E-state index contributed by atoms with van der Waals surface area (Å²) < 4.78 is 7.80. The average molecular weight is 237 g/mol. The molecule has 4 heteroatoms. The Morgan fingerprint density at radius 1 is 1.65 bits per heavy atom. The van der Waals surface area contributed by atoms with Crippen LogP contribution in [0, 0.1) is 5.92 Å². The third kappa shape index (κ3) is 2.69. The van der Waals surface area contributed by atoms with Crippen LogP contribution in [0.3, 0.4) is 0 Å². The Morgan fingerprint density at radius 3 is 3.00 bits per heavy atom. The molecule has 0 spiro atoms. The van der Waals surface area contributed by atoms with E-state index in [1.54, 1.807) is 0 Å². The van der Waals surface area contributed by atoms with Crippen molar-refractivity contribution in [1.29, 1.82) is 0 Å². The molecule has 2 rings (SSSR count). The summed E-state index contributed by atoms with van der Waals surface area (Å²) in [5.74, 6) is 1.66. The average Bonchev–Trinajstić information content (AvgIpc) is 2.90. The molecule has 0 bridgehead atoms. The molecule has 0 aromatic carbocycles. The van der Waals surface area contributed by atoms with Crippen molar-refractivity contribution in [2.24, 2.45) is 13.0 Å². The Hall–Kier alpha value is -0.870. The standard InChI is InChI=1S/C13H23N3O/c1-4-6-14-12(11-5-9-17-10(11)2)13-15-7-8-16(13)3/h7-8,10-12,14H,4-6,9H2,1-3H3. The molecular weight excluding hydrogens is 214 g/mol. The van der Waals surface area contributed by atoms with Crippen LogP contribution in [0.4, 0.5) is 0 Å². The molecule has 0 saturated carbocycles. The van der Waals surface area contributed by atoms with Gasteiger partial charge in [-0.3, -0.25) is 0 Å². The summed E-state index contributed by atoms with van der Waals surface area (Å²) in [6.45, 7) is 6.26. The third-order valence-electron chi connectivity index (χ3n) is 3.61. The predicted octanol–water partition coefficient (Wildman–Crippen LogP) is 1.89. The molecule has 3 atom stereocenters. The van der Waals surface area contributed by atoms with Crippen LogP contribution in [0.2, 0.25) is 0 Å². The zero-order valence-corrected chi connectivity index (χ0v) is 11.0. The molecule has 0 radical (unpaired) electrons. The molecule has 1 fully saturated rings. The minimum atomic E-state index is 0.312. The van der Waals surface area contributed by atoms with Gasteiger partial charge in [0.2, 0.25) is 0 Å². The highest BCUT2D eigenvalue weighted by Crippen LogP contribution is 2.32. The second-order valence-electron chi connectivity index (χ2n) is 4.86. The molecule has 1 aliphatic heterocycles. The van der Waals surface area contributed by atoms with Gasteiger partial charge < -0.3 is 14.6 Å². The van der Waals surface area contributed by atoms with Crippen LogP contribution in [-0.4, -0.2) is 28.8 Å². The molecule has 1 saturated heterocycles. The summed E-state index contributed by atoms with van der Waals surface area (Å²) in [7, 11) is 2.06. The summed E-state index contributed by atoms with van der Waals surface area (Å²) in [5.41, 5.74) is 0.